The standard InChI is InChI=1S/C8H12.C2H3F3O.C2H6/c1-4-6-7-8(3)5-2;1-6-2(3,4)5;1-2/h4-7H,1H2,2-3H3;1H3;1-2H3/b7-6-,8-5-;;. The third kappa shape index (κ3) is 29.3. The molecule has 4 heteroatoms. The van der Waals surface area contributed by atoms with E-state index in [1.807, 2.05) is 32.9 Å². The van der Waals surface area contributed by atoms with Gasteiger partial charge in [-0.3, -0.25) is 4.74 Å². The molecule has 0 rings (SSSR count). The molecule has 0 spiro atoms. The monoisotopic (exact) mass is 238 g/mol. The Balaban J connectivity index is -0.000000188. The second-order valence-corrected chi connectivity index (χ2v) is 2.28. The van der Waals surface area contributed by atoms with Crippen LogP contribution in [0.4, 0.5) is 13.2 Å². The summed E-state index contributed by atoms with van der Waals surface area (Å²) in [6.45, 7) is 11.6. The SMILES string of the molecule is C=C/C=C\C(C)=C/C.CC.COC(F)(F)F. The van der Waals surface area contributed by atoms with E-state index in [4.69, 9.17) is 0 Å². The minimum Gasteiger partial charge on any atom is -0.295 e. The van der Waals surface area contributed by atoms with Crippen LogP contribution in [-0.4, -0.2) is 13.5 Å². The van der Waals surface area contributed by atoms with Crippen LogP contribution in [0.15, 0.2) is 36.5 Å². The first-order valence-corrected chi connectivity index (χ1v) is 4.91. The van der Waals surface area contributed by atoms with E-state index < -0.39 is 6.36 Å². The highest BCUT2D eigenvalue weighted by molar-refractivity contribution is 5.18. The Hall–Kier alpha value is -1.03. The van der Waals surface area contributed by atoms with Gasteiger partial charge >= 0.3 is 6.36 Å². The summed E-state index contributed by atoms with van der Waals surface area (Å²) in [6.07, 6.45) is 3.31. The van der Waals surface area contributed by atoms with Crippen molar-refractivity contribution in [2.75, 3.05) is 7.11 Å². The average molecular weight is 238 g/mol. The molecule has 0 aromatic carbocycles. The molecule has 0 saturated heterocycles. The lowest BCUT2D eigenvalue weighted by atomic mass is 10.3. The lowest BCUT2D eigenvalue weighted by Gasteiger charge is -1.97. The van der Waals surface area contributed by atoms with Crippen LogP contribution in [0.3, 0.4) is 0 Å². The third-order valence-electron chi connectivity index (χ3n) is 1.18. The zero-order valence-corrected chi connectivity index (χ0v) is 10.6. The fourth-order valence-corrected chi connectivity index (χ4v) is 0.316. The van der Waals surface area contributed by atoms with Crippen molar-refractivity contribution in [1.82, 2.24) is 0 Å². The Kier molecular flexibility index (Phi) is 17.8. The Labute approximate surface area is 96.3 Å². The molecule has 0 aliphatic rings. The highest BCUT2D eigenvalue weighted by atomic mass is 19.4. The molecule has 96 valence electrons. The minimum absolute atomic E-state index is 0.583. The summed E-state index contributed by atoms with van der Waals surface area (Å²) in [7, 11) is 0.583. The fraction of sp³-hybridized carbons (Fsp3) is 0.500. The van der Waals surface area contributed by atoms with E-state index in [2.05, 4.69) is 24.3 Å². The molecule has 16 heavy (non-hydrogen) atoms. The molecule has 0 aromatic heterocycles. The van der Waals surface area contributed by atoms with Crippen LogP contribution < -0.4 is 0 Å². The Morgan fingerprint density at radius 3 is 1.81 bits per heavy atom. The molecule has 0 bridgehead atoms. The van der Waals surface area contributed by atoms with Crippen molar-refractivity contribution < 1.29 is 17.9 Å². The maximum atomic E-state index is 10.6. The van der Waals surface area contributed by atoms with Gasteiger partial charge in [-0.05, 0) is 13.8 Å². The van der Waals surface area contributed by atoms with E-state index >= 15 is 0 Å². The number of methoxy groups -OCH3 is 1. The molecular formula is C12H21F3O. The van der Waals surface area contributed by atoms with Gasteiger partial charge in [-0.2, -0.15) is 0 Å². The molecule has 0 atom stereocenters. The zero-order chi connectivity index (χ0) is 13.6. The van der Waals surface area contributed by atoms with E-state index in [9.17, 15) is 13.2 Å². The second kappa shape index (κ2) is 14.0. The predicted octanol–water partition coefficient (Wildman–Crippen LogP) is 4.87. The third-order valence-corrected chi connectivity index (χ3v) is 1.18. The van der Waals surface area contributed by atoms with Gasteiger partial charge in [-0.25, -0.2) is 0 Å². The first-order valence-electron chi connectivity index (χ1n) is 4.91. The quantitative estimate of drug-likeness (QED) is 0.623. The maximum absolute atomic E-state index is 10.6. The van der Waals surface area contributed by atoms with Gasteiger partial charge in [-0.15, -0.1) is 13.2 Å². The normalized spacial score (nSPS) is 11.1. The summed E-state index contributed by atoms with van der Waals surface area (Å²) in [5.74, 6) is 0. The molecule has 0 aliphatic heterocycles. The summed E-state index contributed by atoms with van der Waals surface area (Å²) in [6, 6.07) is 0. The van der Waals surface area contributed by atoms with Crippen molar-refractivity contribution >= 4 is 0 Å². The van der Waals surface area contributed by atoms with Gasteiger partial charge in [0.25, 0.3) is 0 Å². The van der Waals surface area contributed by atoms with Crippen LogP contribution in [0, 0.1) is 0 Å². The van der Waals surface area contributed by atoms with Crippen LogP contribution in [-0.2, 0) is 4.74 Å². The minimum atomic E-state index is -4.46. The van der Waals surface area contributed by atoms with Crippen LogP contribution in [0.25, 0.3) is 0 Å². The number of hydrogen-bond donors (Lipinski definition) is 0. The molecule has 0 saturated carbocycles. The zero-order valence-electron chi connectivity index (χ0n) is 10.6. The van der Waals surface area contributed by atoms with E-state index in [1.54, 1.807) is 6.08 Å². The first-order chi connectivity index (χ1) is 7.37. The van der Waals surface area contributed by atoms with Crippen LogP contribution in [0.5, 0.6) is 0 Å². The van der Waals surface area contributed by atoms with E-state index in [1.165, 1.54) is 5.57 Å². The fourth-order valence-electron chi connectivity index (χ4n) is 0.316. The Bertz CT molecular complexity index is 203. The van der Waals surface area contributed by atoms with Crippen LogP contribution >= 0.6 is 0 Å². The highest BCUT2D eigenvalue weighted by Crippen LogP contribution is 2.13. The highest BCUT2D eigenvalue weighted by Gasteiger charge is 2.25. The van der Waals surface area contributed by atoms with Crippen molar-refractivity contribution in [3.05, 3.63) is 36.5 Å². The molecule has 0 unspecified atom stereocenters. The smallest absolute Gasteiger partial charge is 0.295 e. The van der Waals surface area contributed by atoms with Gasteiger partial charge in [0.05, 0.1) is 0 Å². The van der Waals surface area contributed by atoms with Crippen LogP contribution in [0.2, 0.25) is 0 Å². The molecule has 0 aromatic rings. The van der Waals surface area contributed by atoms with Crippen LogP contribution in [0.1, 0.15) is 27.7 Å². The largest absolute Gasteiger partial charge is 0.522 e. The van der Waals surface area contributed by atoms with E-state index in [0.717, 1.165) is 0 Å². The van der Waals surface area contributed by atoms with Crippen molar-refractivity contribution in [1.29, 1.82) is 0 Å². The van der Waals surface area contributed by atoms with Crippen molar-refractivity contribution in [2.45, 2.75) is 34.1 Å². The Morgan fingerprint density at radius 2 is 1.62 bits per heavy atom. The van der Waals surface area contributed by atoms with E-state index in [0.29, 0.717) is 7.11 Å². The molecular weight excluding hydrogens is 217 g/mol. The molecule has 0 N–H and O–H groups in total. The number of allylic oxidation sites excluding steroid dienone is 5. The molecule has 0 amide bonds. The summed E-state index contributed by atoms with van der Waals surface area (Å²) < 4.78 is 34.6. The number of alkyl halides is 3. The summed E-state index contributed by atoms with van der Waals surface area (Å²) in [5, 5.41) is 0. The van der Waals surface area contributed by atoms with E-state index in [-0.39, 0.29) is 0 Å². The number of hydrogen-bond acceptors (Lipinski definition) is 1. The summed E-state index contributed by atoms with van der Waals surface area (Å²) >= 11 is 0. The molecule has 0 aliphatic carbocycles. The lowest BCUT2D eigenvalue weighted by molar-refractivity contribution is -0.311. The van der Waals surface area contributed by atoms with Crippen molar-refractivity contribution in [3.63, 3.8) is 0 Å². The topological polar surface area (TPSA) is 9.23 Å². The molecule has 0 radical (unpaired) electrons. The molecule has 1 nitrogen and oxygen atoms in total. The second-order valence-electron chi connectivity index (χ2n) is 2.28. The average Bonchev–Trinajstić information content (AvgIpc) is 2.28. The number of rotatable bonds is 2. The maximum Gasteiger partial charge on any atom is 0.522 e. The predicted molar refractivity (Wildman–Crippen MR) is 63.2 cm³/mol. The number of ether oxygens (including phenoxy) is 1. The molecule has 0 fully saturated rings. The first kappa shape index (κ1) is 20.4. The van der Waals surface area contributed by atoms with Gasteiger partial charge in [0, 0.05) is 7.11 Å². The van der Waals surface area contributed by atoms with Gasteiger partial charge in [-0.1, -0.05) is 50.3 Å². The number of halogens is 3. The molecule has 0 heterocycles. The summed E-state index contributed by atoms with van der Waals surface area (Å²) in [5.41, 5.74) is 1.27. The van der Waals surface area contributed by atoms with Gasteiger partial charge in [0.15, 0.2) is 0 Å². The Morgan fingerprint density at radius 1 is 1.25 bits per heavy atom. The van der Waals surface area contributed by atoms with Gasteiger partial charge in [0.2, 0.25) is 0 Å². The van der Waals surface area contributed by atoms with Gasteiger partial charge in [0.1, 0.15) is 0 Å². The van der Waals surface area contributed by atoms with Gasteiger partial charge < -0.3 is 0 Å². The lowest BCUT2D eigenvalue weighted by Crippen LogP contribution is -2.08. The summed E-state index contributed by atoms with van der Waals surface area (Å²) in [4.78, 5) is 0. The van der Waals surface area contributed by atoms with Crippen molar-refractivity contribution in [3.8, 4) is 0 Å². The van der Waals surface area contributed by atoms with Crippen molar-refractivity contribution in [2.24, 2.45) is 0 Å².